The van der Waals surface area contributed by atoms with Crippen LogP contribution in [-0.2, 0) is 0 Å². The number of nitrogens with zero attached hydrogens (tertiary/aromatic N) is 2. The molecule has 3 saturated heterocycles. The van der Waals surface area contributed by atoms with E-state index in [-0.39, 0.29) is 0 Å². The van der Waals surface area contributed by atoms with Crippen molar-refractivity contribution in [1.82, 2.24) is 15.1 Å². The second kappa shape index (κ2) is 7.72. The highest BCUT2D eigenvalue weighted by Crippen LogP contribution is 2.46. The highest BCUT2D eigenvalue weighted by Gasteiger charge is 2.46. The molecule has 3 heteroatoms. The molecule has 4 rings (SSSR count). The van der Waals surface area contributed by atoms with Crippen molar-refractivity contribution in [3.8, 4) is 0 Å². The van der Waals surface area contributed by atoms with Crippen molar-refractivity contribution in [3.63, 3.8) is 0 Å². The molecular formula is C23H43N3. The summed E-state index contributed by atoms with van der Waals surface area (Å²) in [5.41, 5.74) is 1.22. The van der Waals surface area contributed by atoms with Gasteiger partial charge < -0.3 is 15.1 Å². The van der Waals surface area contributed by atoms with Crippen LogP contribution in [0.3, 0.4) is 0 Å². The van der Waals surface area contributed by atoms with E-state index in [1.54, 1.807) is 0 Å². The van der Waals surface area contributed by atoms with E-state index in [0.717, 1.165) is 17.9 Å². The third-order valence-corrected chi connectivity index (χ3v) is 8.38. The standard InChI is InChI=1S/C23H43N3/c1-22(2,3)20-8-14-26(15-9-20)21-4-10-23(11-5-21)17-25(18-23)16-19-6-12-24-13-7-19/h19-21,24H,4-18H2,1-3H3. The Hall–Kier alpha value is -0.120. The van der Waals surface area contributed by atoms with Crippen LogP contribution in [0.15, 0.2) is 0 Å². The minimum absolute atomic E-state index is 0.506. The lowest BCUT2D eigenvalue weighted by molar-refractivity contribution is -0.0575. The Bertz CT molecular complexity index is 439. The summed E-state index contributed by atoms with van der Waals surface area (Å²) < 4.78 is 0. The molecule has 4 fully saturated rings. The number of nitrogens with one attached hydrogen (secondary N) is 1. The smallest absolute Gasteiger partial charge is 0.00957 e. The van der Waals surface area contributed by atoms with Crippen LogP contribution in [-0.4, -0.2) is 61.7 Å². The van der Waals surface area contributed by atoms with E-state index >= 15 is 0 Å². The summed E-state index contributed by atoms with van der Waals surface area (Å²) in [6.07, 6.45) is 11.6. The fourth-order valence-electron chi connectivity index (χ4n) is 6.49. The van der Waals surface area contributed by atoms with E-state index in [1.165, 1.54) is 97.2 Å². The Morgan fingerprint density at radius 1 is 0.885 bits per heavy atom. The highest BCUT2D eigenvalue weighted by atomic mass is 15.2. The van der Waals surface area contributed by atoms with Gasteiger partial charge in [0, 0.05) is 25.7 Å². The molecule has 1 aliphatic carbocycles. The van der Waals surface area contributed by atoms with Crippen molar-refractivity contribution >= 4 is 0 Å². The van der Waals surface area contributed by atoms with Gasteiger partial charge in [0.15, 0.2) is 0 Å². The van der Waals surface area contributed by atoms with Crippen LogP contribution in [0, 0.1) is 22.7 Å². The minimum Gasteiger partial charge on any atom is -0.317 e. The van der Waals surface area contributed by atoms with Crippen molar-refractivity contribution in [2.24, 2.45) is 22.7 Å². The number of rotatable bonds is 3. The average molecular weight is 362 g/mol. The quantitative estimate of drug-likeness (QED) is 0.820. The maximum absolute atomic E-state index is 3.50. The Labute approximate surface area is 162 Å². The number of piperidine rings is 2. The summed E-state index contributed by atoms with van der Waals surface area (Å²) in [5.74, 6) is 1.90. The van der Waals surface area contributed by atoms with E-state index in [0.29, 0.717) is 10.8 Å². The highest BCUT2D eigenvalue weighted by molar-refractivity contribution is 5.00. The lowest BCUT2D eigenvalue weighted by Crippen LogP contribution is -2.60. The Morgan fingerprint density at radius 2 is 1.50 bits per heavy atom. The van der Waals surface area contributed by atoms with Crippen molar-refractivity contribution in [3.05, 3.63) is 0 Å². The Kier molecular flexibility index (Phi) is 5.70. The molecule has 0 unspecified atom stereocenters. The zero-order valence-electron chi connectivity index (χ0n) is 17.7. The summed E-state index contributed by atoms with van der Waals surface area (Å²) in [4.78, 5) is 5.64. The molecule has 0 atom stereocenters. The molecule has 0 aromatic heterocycles. The second-order valence-corrected chi connectivity index (χ2v) is 11.3. The Balaban J connectivity index is 1.17. The van der Waals surface area contributed by atoms with Crippen LogP contribution in [0.4, 0.5) is 0 Å². The molecule has 4 aliphatic rings. The Morgan fingerprint density at radius 3 is 2.08 bits per heavy atom. The normalized spacial score (nSPS) is 30.6. The monoisotopic (exact) mass is 361 g/mol. The molecule has 1 N–H and O–H groups in total. The van der Waals surface area contributed by atoms with Crippen molar-refractivity contribution in [2.45, 2.75) is 78.2 Å². The van der Waals surface area contributed by atoms with Gasteiger partial charge in [-0.3, -0.25) is 0 Å². The molecule has 0 amide bonds. The largest absolute Gasteiger partial charge is 0.317 e. The summed E-state index contributed by atoms with van der Waals surface area (Å²) in [5, 5.41) is 3.50. The van der Waals surface area contributed by atoms with E-state index in [1.807, 2.05) is 0 Å². The van der Waals surface area contributed by atoms with E-state index in [4.69, 9.17) is 0 Å². The first-order valence-corrected chi connectivity index (χ1v) is 11.6. The van der Waals surface area contributed by atoms with Crippen molar-refractivity contribution in [1.29, 1.82) is 0 Å². The summed E-state index contributed by atoms with van der Waals surface area (Å²) >= 11 is 0. The lowest BCUT2D eigenvalue weighted by atomic mass is 9.66. The predicted molar refractivity (Wildman–Crippen MR) is 110 cm³/mol. The van der Waals surface area contributed by atoms with Gasteiger partial charge in [0.25, 0.3) is 0 Å². The van der Waals surface area contributed by atoms with E-state index < -0.39 is 0 Å². The van der Waals surface area contributed by atoms with Gasteiger partial charge in [0.1, 0.15) is 0 Å². The van der Waals surface area contributed by atoms with Crippen LogP contribution in [0.1, 0.15) is 72.1 Å². The molecule has 3 heterocycles. The topological polar surface area (TPSA) is 18.5 Å². The third kappa shape index (κ3) is 4.31. The molecule has 0 bridgehead atoms. The van der Waals surface area contributed by atoms with Crippen molar-refractivity contribution < 1.29 is 0 Å². The zero-order valence-corrected chi connectivity index (χ0v) is 17.7. The first kappa shape index (κ1) is 19.2. The molecule has 3 aliphatic heterocycles. The number of hydrogen-bond donors (Lipinski definition) is 1. The minimum atomic E-state index is 0.506. The molecule has 1 saturated carbocycles. The lowest BCUT2D eigenvalue weighted by Gasteiger charge is -2.56. The maximum Gasteiger partial charge on any atom is 0.00957 e. The van der Waals surface area contributed by atoms with Crippen LogP contribution in [0.2, 0.25) is 0 Å². The summed E-state index contributed by atoms with van der Waals surface area (Å²) in [7, 11) is 0. The fraction of sp³-hybridized carbons (Fsp3) is 1.00. The maximum atomic E-state index is 3.50. The molecule has 0 aromatic carbocycles. The third-order valence-electron chi connectivity index (χ3n) is 8.38. The van der Waals surface area contributed by atoms with Gasteiger partial charge in [-0.15, -0.1) is 0 Å². The van der Waals surface area contributed by atoms with E-state index in [9.17, 15) is 0 Å². The predicted octanol–water partition coefficient (Wildman–Crippen LogP) is 3.99. The SMILES string of the molecule is CC(C)(C)C1CCN(C2CCC3(CC2)CN(CC2CCNCC2)C3)CC1. The van der Waals surface area contributed by atoms with Gasteiger partial charge >= 0.3 is 0 Å². The second-order valence-electron chi connectivity index (χ2n) is 11.3. The van der Waals surface area contributed by atoms with Crippen LogP contribution in [0.25, 0.3) is 0 Å². The first-order chi connectivity index (χ1) is 12.4. The molecule has 0 aromatic rings. The van der Waals surface area contributed by atoms with E-state index in [2.05, 4.69) is 35.9 Å². The summed E-state index contributed by atoms with van der Waals surface area (Å²) in [6, 6.07) is 0.903. The number of hydrogen-bond acceptors (Lipinski definition) is 3. The number of likely N-dealkylation sites (tertiary alicyclic amines) is 2. The van der Waals surface area contributed by atoms with Gasteiger partial charge in [0.2, 0.25) is 0 Å². The van der Waals surface area contributed by atoms with Gasteiger partial charge in [-0.25, -0.2) is 0 Å². The van der Waals surface area contributed by atoms with Gasteiger partial charge in [-0.05, 0) is 100 Å². The molecular weight excluding hydrogens is 318 g/mol. The van der Waals surface area contributed by atoms with Crippen LogP contribution < -0.4 is 5.32 Å². The van der Waals surface area contributed by atoms with Gasteiger partial charge in [0.05, 0.1) is 0 Å². The molecule has 26 heavy (non-hydrogen) atoms. The van der Waals surface area contributed by atoms with Crippen LogP contribution >= 0.6 is 0 Å². The molecule has 150 valence electrons. The van der Waals surface area contributed by atoms with Crippen molar-refractivity contribution in [2.75, 3.05) is 45.8 Å². The van der Waals surface area contributed by atoms with Gasteiger partial charge in [-0.2, -0.15) is 0 Å². The van der Waals surface area contributed by atoms with Gasteiger partial charge in [-0.1, -0.05) is 20.8 Å². The molecule has 3 nitrogen and oxygen atoms in total. The molecule has 0 radical (unpaired) electrons. The van der Waals surface area contributed by atoms with Crippen LogP contribution in [0.5, 0.6) is 0 Å². The zero-order chi connectivity index (χ0) is 18.2. The fourth-order valence-corrected chi connectivity index (χ4v) is 6.49. The average Bonchev–Trinajstić information content (AvgIpc) is 2.61. The first-order valence-electron chi connectivity index (χ1n) is 11.6. The molecule has 1 spiro atoms. The summed E-state index contributed by atoms with van der Waals surface area (Å²) in [6.45, 7) is 16.7.